The first-order chi connectivity index (χ1) is 17.0. The lowest BCUT2D eigenvalue weighted by Gasteiger charge is -2.09. The fourth-order valence-electron chi connectivity index (χ4n) is 4.04. The molecule has 1 aliphatic heterocycles. The Hall–Kier alpha value is -4.72. The monoisotopic (exact) mass is 465 g/mol. The number of rotatable bonds is 6. The normalized spacial score (nSPS) is 14.7. The van der Waals surface area contributed by atoms with Gasteiger partial charge >= 0.3 is 0 Å². The summed E-state index contributed by atoms with van der Waals surface area (Å²) in [6.07, 6.45) is 5.59. The molecule has 5 rings (SSSR count). The second kappa shape index (κ2) is 9.26. The number of aromatic nitrogens is 2. The van der Waals surface area contributed by atoms with Gasteiger partial charge in [-0.05, 0) is 53.4 Å². The Morgan fingerprint density at radius 2 is 1.94 bits per heavy atom. The van der Waals surface area contributed by atoms with Gasteiger partial charge in [0.15, 0.2) is 5.82 Å². The maximum Gasteiger partial charge on any atom is 0.291 e. The molecule has 0 bridgehead atoms. The summed E-state index contributed by atoms with van der Waals surface area (Å²) in [5.74, 6) is -0.428. The van der Waals surface area contributed by atoms with Crippen molar-refractivity contribution in [2.45, 2.75) is 12.3 Å². The molecule has 1 atom stereocenters. The molecule has 1 unspecified atom stereocenters. The van der Waals surface area contributed by atoms with Gasteiger partial charge in [-0.25, -0.2) is 4.98 Å². The smallest absolute Gasteiger partial charge is 0.291 e. The molecule has 2 heterocycles. The maximum absolute atomic E-state index is 12.5. The van der Waals surface area contributed by atoms with E-state index in [1.54, 1.807) is 54.5 Å². The largest absolute Gasteiger partial charge is 0.508 e. The first-order valence-electron chi connectivity index (χ1n) is 11.1. The van der Waals surface area contributed by atoms with Gasteiger partial charge in [0.25, 0.3) is 5.91 Å². The number of aliphatic imine (C=N–C) groups is 1. The average molecular weight is 466 g/mol. The van der Waals surface area contributed by atoms with Crippen molar-refractivity contribution in [1.82, 2.24) is 9.55 Å². The van der Waals surface area contributed by atoms with Crippen LogP contribution in [0.3, 0.4) is 0 Å². The zero-order chi connectivity index (χ0) is 24.4. The van der Waals surface area contributed by atoms with E-state index in [-0.39, 0.29) is 17.6 Å². The van der Waals surface area contributed by atoms with E-state index in [1.807, 2.05) is 42.5 Å². The van der Waals surface area contributed by atoms with E-state index < -0.39 is 5.92 Å². The summed E-state index contributed by atoms with van der Waals surface area (Å²) in [6, 6.07) is 20.2. The van der Waals surface area contributed by atoms with Crippen molar-refractivity contribution in [2.75, 3.05) is 10.6 Å². The molecule has 174 valence electrons. The molecule has 0 saturated heterocycles. The molecule has 35 heavy (non-hydrogen) atoms. The topological polar surface area (TPSA) is 109 Å². The van der Waals surface area contributed by atoms with Crippen molar-refractivity contribution < 1.29 is 14.7 Å². The van der Waals surface area contributed by atoms with Crippen molar-refractivity contribution in [3.05, 3.63) is 102 Å². The molecule has 4 aromatic rings. The molecule has 8 nitrogen and oxygen atoms in total. The molecule has 0 fully saturated rings. The van der Waals surface area contributed by atoms with Gasteiger partial charge in [0.1, 0.15) is 11.7 Å². The lowest BCUT2D eigenvalue weighted by Crippen LogP contribution is -2.16. The lowest BCUT2D eigenvalue weighted by molar-refractivity contribution is -0.115. The number of carbonyl (C=O) groups is 2. The van der Waals surface area contributed by atoms with Crippen LogP contribution in [0.25, 0.3) is 0 Å². The minimum atomic E-state index is -0.504. The van der Waals surface area contributed by atoms with Gasteiger partial charge < -0.3 is 20.3 Å². The van der Waals surface area contributed by atoms with Crippen LogP contribution in [0.15, 0.2) is 84.1 Å². The van der Waals surface area contributed by atoms with Gasteiger partial charge in [-0.2, -0.15) is 0 Å². The van der Waals surface area contributed by atoms with Crippen molar-refractivity contribution >= 4 is 35.1 Å². The predicted molar refractivity (Wildman–Crippen MR) is 134 cm³/mol. The Morgan fingerprint density at radius 3 is 2.69 bits per heavy atom. The van der Waals surface area contributed by atoms with Gasteiger partial charge in [-0.15, -0.1) is 0 Å². The summed E-state index contributed by atoms with van der Waals surface area (Å²) in [7, 11) is 1.77. The van der Waals surface area contributed by atoms with Crippen molar-refractivity contribution in [3.8, 4) is 5.75 Å². The number of phenolic OH excluding ortho intramolecular Hbond substituents is 1. The number of nitrogens with zero attached hydrogens (tertiary/aromatic N) is 3. The van der Waals surface area contributed by atoms with Crippen LogP contribution in [0.5, 0.6) is 5.75 Å². The van der Waals surface area contributed by atoms with Gasteiger partial charge in [0, 0.05) is 43.1 Å². The van der Waals surface area contributed by atoms with E-state index in [9.17, 15) is 14.7 Å². The van der Waals surface area contributed by atoms with Crippen LogP contribution in [0.4, 0.5) is 17.1 Å². The van der Waals surface area contributed by atoms with E-state index >= 15 is 0 Å². The van der Waals surface area contributed by atoms with Gasteiger partial charge in [0.2, 0.25) is 5.91 Å². The molecular formula is C27H23N5O3. The molecule has 0 saturated carbocycles. The number of fused-ring (bicyclic) bond motifs is 1. The van der Waals surface area contributed by atoms with E-state index in [0.29, 0.717) is 23.6 Å². The summed E-state index contributed by atoms with van der Waals surface area (Å²) in [4.78, 5) is 33.3. The summed E-state index contributed by atoms with van der Waals surface area (Å²) in [5, 5.41) is 15.4. The molecule has 3 aromatic carbocycles. The molecule has 2 amide bonds. The van der Waals surface area contributed by atoms with Gasteiger partial charge in [-0.3, -0.25) is 14.6 Å². The third kappa shape index (κ3) is 4.81. The zero-order valence-corrected chi connectivity index (χ0v) is 19.0. The fourth-order valence-corrected chi connectivity index (χ4v) is 4.04. The second-order valence-electron chi connectivity index (χ2n) is 8.38. The Labute approximate surface area is 202 Å². The molecule has 0 aliphatic carbocycles. The number of hydrogen-bond acceptors (Lipinski definition) is 5. The summed E-state index contributed by atoms with van der Waals surface area (Å²) in [6.45, 7) is 0. The number of aromatic hydroxyl groups is 1. The first-order valence-corrected chi connectivity index (χ1v) is 11.1. The van der Waals surface area contributed by atoms with Crippen molar-refractivity contribution in [3.63, 3.8) is 0 Å². The highest BCUT2D eigenvalue weighted by Crippen LogP contribution is 2.33. The van der Waals surface area contributed by atoms with Crippen LogP contribution in [0, 0.1) is 0 Å². The number of aryl methyl sites for hydroxylation is 1. The number of hydrogen-bond donors (Lipinski definition) is 3. The van der Waals surface area contributed by atoms with Crippen LogP contribution >= 0.6 is 0 Å². The Bertz CT molecular complexity index is 1440. The van der Waals surface area contributed by atoms with Gasteiger partial charge in [-0.1, -0.05) is 30.3 Å². The van der Waals surface area contributed by atoms with Crippen LogP contribution in [0.1, 0.15) is 33.2 Å². The fraction of sp³-hybridized carbons (Fsp3) is 0.111. The summed E-state index contributed by atoms with van der Waals surface area (Å²) < 4.78 is 1.67. The highest BCUT2D eigenvalue weighted by molar-refractivity contribution is 6.12. The lowest BCUT2D eigenvalue weighted by atomic mass is 9.96. The second-order valence-corrected chi connectivity index (χ2v) is 8.38. The van der Waals surface area contributed by atoms with Crippen molar-refractivity contribution in [1.29, 1.82) is 0 Å². The van der Waals surface area contributed by atoms with Crippen molar-refractivity contribution in [2.24, 2.45) is 12.0 Å². The standard InChI is InChI=1S/C27H23N5O3/c1-32-12-11-28-25(32)27(35)30-19-8-5-17(6-9-19)13-18-7-10-24-22(14-18)23(26(34)31-24)16-29-20-3-2-4-21(33)15-20/h2-12,14-16,23,33H,13H2,1H3,(H,30,35)(H,31,34). The number of phenols is 1. The zero-order valence-electron chi connectivity index (χ0n) is 19.0. The SMILES string of the molecule is Cn1ccnc1C(=O)Nc1ccc(Cc2ccc3c(c2)C(C=Nc2cccc(O)c2)C(=O)N3)cc1. The summed E-state index contributed by atoms with van der Waals surface area (Å²) >= 11 is 0. The third-order valence-corrected chi connectivity index (χ3v) is 5.84. The third-order valence-electron chi connectivity index (χ3n) is 5.84. The van der Waals surface area contributed by atoms with Gasteiger partial charge in [0.05, 0.1) is 5.69 Å². The number of nitrogens with one attached hydrogen (secondary N) is 2. The molecule has 0 spiro atoms. The Balaban J connectivity index is 1.29. The number of amides is 2. The number of imidazole rings is 1. The quantitative estimate of drug-likeness (QED) is 0.367. The minimum Gasteiger partial charge on any atom is -0.508 e. The predicted octanol–water partition coefficient (Wildman–Crippen LogP) is 4.41. The molecule has 3 N–H and O–H groups in total. The Kier molecular flexibility index (Phi) is 5.85. The van der Waals surface area contributed by atoms with E-state index in [0.717, 1.165) is 22.4 Å². The Morgan fingerprint density at radius 1 is 1.14 bits per heavy atom. The van der Waals surface area contributed by atoms with Crippen LogP contribution in [-0.2, 0) is 18.3 Å². The molecule has 1 aliphatic rings. The highest BCUT2D eigenvalue weighted by Gasteiger charge is 2.29. The molecule has 1 aromatic heterocycles. The minimum absolute atomic E-state index is 0.125. The van der Waals surface area contributed by atoms with Crippen LogP contribution in [-0.4, -0.2) is 32.7 Å². The van der Waals surface area contributed by atoms with E-state index in [4.69, 9.17) is 0 Å². The number of carbonyl (C=O) groups excluding carboxylic acids is 2. The average Bonchev–Trinajstić information content (AvgIpc) is 3.41. The molecular weight excluding hydrogens is 442 g/mol. The van der Waals surface area contributed by atoms with E-state index in [1.165, 1.54) is 0 Å². The molecule has 0 radical (unpaired) electrons. The highest BCUT2D eigenvalue weighted by atomic mass is 16.3. The maximum atomic E-state index is 12.5. The van der Waals surface area contributed by atoms with Crippen LogP contribution in [0.2, 0.25) is 0 Å². The van der Waals surface area contributed by atoms with Crippen LogP contribution < -0.4 is 10.6 Å². The number of anilines is 2. The number of benzene rings is 3. The van der Waals surface area contributed by atoms with E-state index in [2.05, 4.69) is 20.6 Å². The molecule has 8 heteroatoms. The summed E-state index contributed by atoms with van der Waals surface area (Å²) in [5.41, 5.74) is 5.04. The first kappa shape index (κ1) is 22.1.